The molecule has 1 amide bonds. The molecule has 0 aromatic heterocycles. The maximum Gasteiger partial charge on any atom is 0.401 e. The summed E-state index contributed by atoms with van der Waals surface area (Å²) in [5, 5.41) is 6.48. The van der Waals surface area contributed by atoms with E-state index in [9.17, 15) is 18.0 Å². The molecule has 2 fully saturated rings. The van der Waals surface area contributed by atoms with E-state index in [1.54, 1.807) is 7.05 Å². The number of guanidine groups is 1. The number of carbonyl (C=O) groups is 1. The zero-order chi connectivity index (χ0) is 20.6. The van der Waals surface area contributed by atoms with Crippen LogP contribution in [-0.4, -0.2) is 80.7 Å². The van der Waals surface area contributed by atoms with Crippen LogP contribution in [0.4, 0.5) is 13.2 Å². The van der Waals surface area contributed by atoms with Gasteiger partial charge in [0.05, 0.1) is 6.54 Å². The topological polar surface area (TPSA) is 60.0 Å². The minimum Gasteiger partial charge on any atom is -0.356 e. The number of aliphatic imine (C=N–C) groups is 1. The molecule has 1 atom stereocenters. The number of amides is 1. The number of hydrogen-bond donors (Lipinski definition) is 2. The molecule has 1 unspecified atom stereocenters. The van der Waals surface area contributed by atoms with E-state index in [1.807, 2.05) is 4.90 Å². The lowest BCUT2D eigenvalue weighted by atomic mass is 9.88. The fourth-order valence-electron chi connectivity index (χ4n) is 4.01. The van der Waals surface area contributed by atoms with Gasteiger partial charge in [0.1, 0.15) is 0 Å². The van der Waals surface area contributed by atoms with Gasteiger partial charge in [0.2, 0.25) is 5.91 Å². The summed E-state index contributed by atoms with van der Waals surface area (Å²) in [5.74, 6) is 1.12. The molecule has 0 spiro atoms. The summed E-state index contributed by atoms with van der Waals surface area (Å²) < 4.78 is 37.0. The van der Waals surface area contributed by atoms with Crippen LogP contribution in [-0.2, 0) is 4.79 Å². The van der Waals surface area contributed by atoms with Crippen LogP contribution < -0.4 is 10.6 Å². The Morgan fingerprint density at radius 3 is 2.52 bits per heavy atom. The summed E-state index contributed by atoms with van der Waals surface area (Å²) in [6.45, 7) is 1.46. The van der Waals surface area contributed by atoms with E-state index >= 15 is 0 Å². The third-order valence-electron chi connectivity index (χ3n) is 5.48. The number of halogens is 4. The van der Waals surface area contributed by atoms with Gasteiger partial charge in [-0.1, -0.05) is 19.3 Å². The molecule has 0 radical (unpaired) electrons. The Kier molecular flexibility index (Phi) is 11.6. The normalized spacial score (nSPS) is 21.2. The van der Waals surface area contributed by atoms with Gasteiger partial charge >= 0.3 is 6.18 Å². The highest BCUT2D eigenvalue weighted by molar-refractivity contribution is 14.0. The second-order valence-corrected chi connectivity index (χ2v) is 7.95. The molecule has 2 rings (SSSR count). The molecule has 1 aliphatic carbocycles. The van der Waals surface area contributed by atoms with Gasteiger partial charge in [-0.2, -0.15) is 13.2 Å². The van der Waals surface area contributed by atoms with E-state index in [0.717, 1.165) is 38.6 Å². The average Bonchev–Trinajstić information content (AvgIpc) is 3.11. The van der Waals surface area contributed by atoms with Crippen LogP contribution in [0.15, 0.2) is 4.99 Å². The van der Waals surface area contributed by atoms with Crippen LogP contribution in [0.1, 0.15) is 44.9 Å². The van der Waals surface area contributed by atoms with Crippen molar-refractivity contribution in [1.82, 2.24) is 20.4 Å². The Morgan fingerprint density at radius 2 is 1.90 bits per heavy atom. The Labute approximate surface area is 189 Å². The molecule has 0 aromatic carbocycles. The van der Waals surface area contributed by atoms with Gasteiger partial charge in [0.15, 0.2) is 5.96 Å². The van der Waals surface area contributed by atoms with Crippen molar-refractivity contribution in [3.05, 3.63) is 0 Å². The van der Waals surface area contributed by atoms with Crippen molar-refractivity contribution < 1.29 is 18.0 Å². The Morgan fingerprint density at radius 1 is 1.21 bits per heavy atom. The Balaban J connectivity index is 0.00000420. The van der Waals surface area contributed by atoms with Crippen molar-refractivity contribution in [1.29, 1.82) is 0 Å². The highest BCUT2D eigenvalue weighted by Crippen LogP contribution is 2.26. The van der Waals surface area contributed by atoms with E-state index < -0.39 is 12.7 Å². The van der Waals surface area contributed by atoms with Crippen LogP contribution in [0.2, 0.25) is 0 Å². The van der Waals surface area contributed by atoms with Crippen molar-refractivity contribution in [3.63, 3.8) is 0 Å². The van der Waals surface area contributed by atoms with E-state index in [1.165, 1.54) is 18.4 Å². The van der Waals surface area contributed by atoms with Gasteiger partial charge in [0, 0.05) is 38.6 Å². The minimum atomic E-state index is -4.16. The van der Waals surface area contributed by atoms with Crippen LogP contribution in [0.5, 0.6) is 0 Å². The molecule has 1 saturated heterocycles. The summed E-state index contributed by atoms with van der Waals surface area (Å²) in [6, 6.07) is 0.159. The fraction of sp³-hybridized carbons (Fsp3) is 0.895. The maximum atomic E-state index is 12.6. The molecule has 6 nitrogen and oxygen atoms in total. The molecule has 2 aliphatic rings. The summed E-state index contributed by atoms with van der Waals surface area (Å²) in [6.07, 6.45) is 2.88. The number of carbonyl (C=O) groups excluding carboxylic acids is 1. The molecule has 1 heterocycles. The number of rotatable bonds is 7. The van der Waals surface area contributed by atoms with E-state index in [2.05, 4.69) is 15.6 Å². The van der Waals surface area contributed by atoms with Crippen LogP contribution >= 0.6 is 24.0 Å². The SMILES string of the molecule is CN=C(NCCCN(C)CC(F)(F)F)NC1CCN(C(=O)C2CCCCC2)C1.I. The second-order valence-electron chi connectivity index (χ2n) is 7.95. The lowest BCUT2D eigenvalue weighted by Gasteiger charge is -2.26. The summed E-state index contributed by atoms with van der Waals surface area (Å²) >= 11 is 0. The van der Waals surface area contributed by atoms with Crippen molar-refractivity contribution in [2.24, 2.45) is 10.9 Å². The van der Waals surface area contributed by atoms with Gasteiger partial charge < -0.3 is 15.5 Å². The number of nitrogens with zero attached hydrogens (tertiary/aromatic N) is 3. The molecule has 29 heavy (non-hydrogen) atoms. The predicted molar refractivity (Wildman–Crippen MR) is 120 cm³/mol. The third-order valence-corrected chi connectivity index (χ3v) is 5.48. The smallest absolute Gasteiger partial charge is 0.356 e. The highest BCUT2D eigenvalue weighted by atomic mass is 127. The van der Waals surface area contributed by atoms with E-state index in [-0.39, 0.29) is 35.9 Å². The quantitative estimate of drug-likeness (QED) is 0.229. The first kappa shape index (κ1) is 26.3. The zero-order valence-corrected chi connectivity index (χ0v) is 19.8. The van der Waals surface area contributed by atoms with Crippen LogP contribution in [0.25, 0.3) is 0 Å². The van der Waals surface area contributed by atoms with Gasteiger partial charge in [-0.05, 0) is 39.3 Å². The molecular formula is C19H35F3IN5O. The van der Waals surface area contributed by atoms with Crippen molar-refractivity contribution in [3.8, 4) is 0 Å². The highest BCUT2D eigenvalue weighted by Gasteiger charge is 2.32. The summed E-state index contributed by atoms with van der Waals surface area (Å²) in [4.78, 5) is 20.1. The lowest BCUT2D eigenvalue weighted by molar-refractivity contribution is -0.143. The Hall–Kier alpha value is -0.780. The first-order valence-corrected chi connectivity index (χ1v) is 10.3. The number of hydrogen-bond acceptors (Lipinski definition) is 3. The van der Waals surface area contributed by atoms with Gasteiger partial charge in [-0.15, -0.1) is 24.0 Å². The monoisotopic (exact) mass is 533 g/mol. The second kappa shape index (κ2) is 12.8. The lowest BCUT2D eigenvalue weighted by Crippen LogP contribution is -2.46. The molecular weight excluding hydrogens is 498 g/mol. The Bertz CT molecular complexity index is 526. The minimum absolute atomic E-state index is 0. The van der Waals surface area contributed by atoms with E-state index in [4.69, 9.17) is 0 Å². The zero-order valence-electron chi connectivity index (χ0n) is 17.4. The molecule has 1 aliphatic heterocycles. The summed E-state index contributed by atoms with van der Waals surface area (Å²) in [5.41, 5.74) is 0. The van der Waals surface area contributed by atoms with Crippen molar-refractivity contribution in [2.75, 3.05) is 46.8 Å². The molecule has 1 saturated carbocycles. The standard InChI is InChI=1S/C19H34F3N5O.HI/c1-23-18(24-10-6-11-26(2)14-19(20,21)22)25-16-9-12-27(13-16)17(28)15-7-4-3-5-8-15;/h15-16H,3-14H2,1-2H3,(H2,23,24,25);1H. The van der Waals surface area contributed by atoms with Crippen LogP contribution in [0, 0.1) is 5.92 Å². The van der Waals surface area contributed by atoms with Gasteiger partial charge in [-0.25, -0.2) is 0 Å². The first-order chi connectivity index (χ1) is 13.3. The fourth-order valence-corrected chi connectivity index (χ4v) is 4.01. The first-order valence-electron chi connectivity index (χ1n) is 10.3. The predicted octanol–water partition coefficient (Wildman–Crippen LogP) is 2.83. The number of alkyl halides is 3. The van der Waals surface area contributed by atoms with Gasteiger partial charge in [0.25, 0.3) is 0 Å². The third kappa shape index (κ3) is 9.71. The average molecular weight is 533 g/mol. The van der Waals surface area contributed by atoms with Crippen molar-refractivity contribution in [2.45, 2.75) is 57.2 Å². The largest absolute Gasteiger partial charge is 0.401 e. The van der Waals surface area contributed by atoms with Crippen LogP contribution in [0.3, 0.4) is 0 Å². The van der Waals surface area contributed by atoms with Gasteiger partial charge in [-0.3, -0.25) is 14.7 Å². The summed E-state index contributed by atoms with van der Waals surface area (Å²) in [7, 11) is 3.14. The van der Waals surface area contributed by atoms with E-state index in [0.29, 0.717) is 37.9 Å². The van der Waals surface area contributed by atoms with Crippen molar-refractivity contribution >= 4 is 35.8 Å². The number of likely N-dealkylation sites (tertiary alicyclic amines) is 1. The molecule has 170 valence electrons. The molecule has 0 aromatic rings. The number of nitrogens with one attached hydrogen (secondary N) is 2. The molecule has 2 N–H and O–H groups in total. The molecule has 0 bridgehead atoms. The maximum absolute atomic E-state index is 12.6. The molecule has 10 heteroatoms.